The topological polar surface area (TPSA) is 178 Å². The van der Waals surface area contributed by atoms with Crippen LogP contribution in [-0.4, -0.2) is 97.5 Å². The molecule has 0 aromatic carbocycles. The van der Waals surface area contributed by atoms with E-state index >= 15 is 0 Å². The Labute approximate surface area is 333 Å². The summed E-state index contributed by atoms with van der Waals surface area (Å²) in [6, 6.07) is 0. The van der Waals surface area contributed by atoms with Crippen molar-refractivity contribution in [1.29, 1.82) is 0 Å². The first kappa shape index (κ1) is 51.3. The molecule has 6 unspecified atom stereocenters. The van der Waals surface area contributed by atoms with Crippen molar-refractivity contribution in [3.63, 3.8) is 0 Å². The molecule has 55 heavy (non-hydrogen) atoms. The Morgan fingerprint density at radius 1 is 0.709 bits per heavy atom. The summed E-state index contributed by atoms with van der Waals surface area (Å²) in [5.74, 6) is -0.416. The van der Waals surface area contributed by atoms with E-state index in [0.717, 1.165) is 70.6 Å². The summed E-state index contributed by atoms with van der Waals surface area (Å²) in [7, 11) is -5.06. The van der Waals surface area contributed by atoms with Gasteiger partial charge in [0.25, 0.3) is 0 Å². The quantitative estimate of drug-likeness (QED) is 0.0207. The largest absolute Gasteiger partial charge is 0.457 e. The first-order valence-electron chi connectivity index (χ1n) is 21.2. The average molecular weight is 805 g/mol. The standard InChI is InChI=1S/C42H76O12S/c1-3-5-7-9-11-13-15-17-18-19-21-23-25-27-29-31-38(44)52-36(34-50-32-30-28-26-24-22-20-16-14-12-10-8-6-4-2)35-51-42-40(46)41(54-55(47,48)49)39(45)37(33-43)53-42/h5,7,11,13,17-18,36-37,39-43,45-46H,3-4,6,8-10,12,14-16,19-35H2,1-2H3,(H,47,48,49)/b7-5-,13-11-,18-17-. The maximum atomic E-state index is 12.8. The third-order valence-electron chi connectivity index (χ3n) is 9.53. The van der Waals surface area contributed by atoms with Gasteiger partial charge in [-0.2, -0.15) is 8.42 Å². The zero-order chi connectivity index (χ0) is 40.4. The first-order valence-corrected chi connectivity index (χ1v) is 22.6. The minimum absolute atomic E-state index is 0.0308. The molecule has 0 amide bonds. The number of aliphatic hydroxyl groups is 3. The van der Waals surface area contributed by atoms with E-state index in [1.165, 1.54) is 64.2 Å². The van der Waals surface area contributed by atoms with Crippen LogP contribution >= 0.6 is 0 Å². The number of allylic oxidation sites excluding steroid dienone is 6. The second kappa shape index (κ2) is 34.4. The van der Waals surface area contributed by atoms with Gasteiger partial charge in [-0.05, 0) is 44.9 Å². The van der Waals surface area contributed by atoms with Gasteiger partial charge < -0.3 is 34.3 Å². The number of esters is 1. The molecule has 322 valence electrons. The normalized spacial score (nSPS) is 21.3. The van der Waals surface area contributed by atoms with Gasteiger partial charge in [-0.25, -0.2) is 4.18 Å². The van der Waals surface area contributed by atoms with Gasteiger partial charge in [0, 0.05) is 13.0 Å². The van der Waals surface area contributed by atoms with Crippen LogP contribution in [0.2, 0.25) is 0 Å². The SMILES string of the molecule is CC/C=C\C/C=C\C/C=C\CCCCCCCC(=O)OC(COCCCCCCCCCCCCCCC)COC1OC(CO)C(O)C(OS(=O)(=O)O)C1O. The van der Waals surface area contributed by atoms with Crippen LogP contribution < -0.4 is 0 Å². The Hall–Kier alpha value is -1.68. The summed E-state index contributed by atoms with van der Waals surface area (Å²) < 4.78 is 58.9. The lowest BCUT2D eigenvalue weighted by Crippen LogP contribution is -2.60. The number of unbranched alkanes of at least 4 members (excludes halogenated alkanes) is 17. The summed E-state index contributed by atoms with van der Waals surface area (Å²) in [5.41, 5.74) is 0. The molecule has 0 aliphatic carbocycles. The van der Waals surface area contributed by atoms with E-state index < -0.39 is 59.8 Å². The van der Waals surface area contributed by atoms with Crippen molar-refractivity contribution in [2.75, 3.05) is 26.4 Å². The van der Waals surface area contributed by atoms with Crippen LogP contribution in [0.25, 0.3) is 0 Å². The van der Waals surface area contributed by atoms with Gasteiger partial charge in [-0.1, -0.05) is 147 Å². The highest BCUT2D eigenvalue weighted by atomic mass is 32.3. The van der Waals surface area contributed by atoms with Crippen molar-refractivity contribution < 1.29 is 56.2 Å². The first-order chi connectivity index (χ1) is 26.6. The molecule has 4 N–H and O–H groups in total. The maximum absolute atomic E-state index is 12.8. The molecule has 0 radical (unpaired) electrons. The number of carbonyl (C=O) groups excluding carboxylic acids is 1. The second-order valence-electron chi connectivity index (χ2n) is 14.6. The molecule has 6 atom stereocenters. The number of aliphatic hydroxyl groups excluding tert-OH is 3. The smallest absolute Gasteiger partial charge is 0.397 e. The highest BCUT2D eigenvalue weighted by Gasteiger charge is 2.48. The van der Waals surface area contributed by atoms with E-state index in [-0.39, 0.29) is 19.6 Å². The van der Waals surface area contributed by atoms with Crippen LogP contribution in [0.15, 0.2) is 36.5 Å². The van der Waals surface area contributed by atoms with E-state index in [9.17, 15) is 28.5 Å². The summed E-state index contributed by atoms with van der Waals surface area (Å²) in [5, 5.41) is 30.6. The molecule has 0 aromatic heterocycles. The van der Waals surface area contributed by atoms with Gasteiger partial charge >= 0.3 is 16.4 Å². The van der Waals surface area contributed by atoms with Crippen LogP contribution in [0.4, 0.5) is 0 Å². The molecule has 0 bridgehead atoms. The third-order valence-corrected chi connectivity index (χ3v) is 9.99. The van der Waals surface area contributed by atoms with E-state index in [0.29, 0.717) is 13.0 Å². The van der Waals surface area contributed by atoms with Gasteiger partial charge in [0.1, 0.15) is 30.5 Å². The van der Waals surface area contributed by atoms with E-state index in [2.05, 4.69) is 54.5 Å². The zero-order valence-corrected chi connectivity index (χ0v) is 34.8. The van der Waals surface area contributed by atoms with Crippen LogP contribution in [0.3, 0.4) is 0 Å². The molecule has 1 aliphatic heterocycles. The number of rotatable bonds is 36. The lowest BCUT2D eigenvalue weighted by molar-refractivity contribution is -0.301. The molecule has 0 saturated carbocycles. The van der Waals surface area contributed by atoms with Gasteiger partial charge in [-0.3, -0.25) is 9.35 Å². The highest BCUT2D eigenvalue weighted by Crippen LogP contribution is 2.26. The van der Waals surface area contributed by atoms with Crippen LogP contribution in [-0.2, 0) is 38.3 Å². The molecule has 1 aliphatic rings. The van der Waals surface area contributed by atoms with Crippen LogP contribution in [0.1, 0.15) is 162 Å². The second-order valence-corrected chi connectivity index (χ2v) is 15.6. The zero-order valence-electron chi connectivity index (χ0n) is 34.0. The molecule has 1 rings (SSSR count). The number of hydrogen-bond acceptors (Lipinski definition) is 11. The van der Waals surface area contributed by atoms with E-state index in [1.54, 1.807) is 0 Å². The Morgan fingerprint density at radius 2 is 1.25 bits per heavy atom. The molecular formula is C42H76O12S. The monoisotopic (exact) mass is 805 g/mol. The summed E-state index contributed by atoms with van der Waals surface area (Å²) >= 11 is 0. The van der Waals surface area contributed by atoms with Crippen LogP contribution in [0.5, 0.6) is 0 Å². The molecular weight excluding hydrogens is 729 g/mol. The Balaban J connectivity index is 2.48. The van der Waals surface area contributed by atoms with Crippen molar-refractivity contribution in [3.05, 3.63) is 36.5 Å². The highest BCUT2D eigenvalue weighted by molar-refractivity contribution is 7.80. The summed E-state index contributed by atoms with van der Waals surface area (Å²) in [6.07, 6.45) is 28.9. The van der Waals surface area contributed by atoms with Gasteiger partial charge in [0.2, 0.25) is 0 Å². The predicted molar refractivity (Wildman–Crippen MR) is 216 cm³/mol. The molecule has 12 nitrogen and oxygen atoms in total. The van der Waals surface area contributed by atoms with Gasteiger partial charge in [-0.15, -0.1) is 0 Å². The van der Waals surface area contributed by atoms with Gasteiger partial charge in [0.05, 0.1) is 19.8 Å². The Bertz CT molecular complexity index is 1110. The maximum Gasteiger partial charge on any atom is 0.397 e. The van der Waals surface area contributed by atoms with Crippen molar-refractivity contribution in [3.8, 4) is 0 Å². The lowest BCUT2D eigenvalue weighted by atomic mass is 9.99. The van der Waals surface area contributed by atoms with Gasteiger partial charge in [0.15, 0.2) is 6.29 Å². The number of carbonyl (C=O) groups is 1. The van der Waals surface area contributed by atoms with Crippen molar-refractivity contribution in [1.82, 2.24) is 0 Å². The van der Waals surface area contributed by atoms with E-state index in [1.807, 2.05) is 0 Å². The Kier molecular flexibility index (Phi) is 32.1. The fourth-order valence-corrected chi connectivity index (χ4v) is 6.84. The average Bonchev–Trinajstić information content (AvgIpc) is 3.15. The number of ether oxygens (including phenoxy) is 4. The molecule has 0 aromatic rings. The van der Waals surface area contributed by atoms with Crippen molar-refractivity contribution in [2.24, 2.45) is 0 Å². The molecule has 1 saturated heterocycles. The van der Waals surface area contributed by atoms with Crippen molar-refractivity contribution >= 4 is 16.4 Å². The minimum atomic E-state index is -5.06. The molecule has 1 fully saturated rings. The molecule has 0 spiro atoms. The molecule has 1 heterocycles. The van der Waals surface area contributed by atoms with E-state index in [4.69, 9.17) is 23.5 Å². The fourth-order valence-electron chi connectivity index (χ4n) is 6.33. The minimum Gasteiger partial charge on any atom is -0.457 e. The molecule has 13 heteroatoms. The Morgan fingerprint density at radius 3 is 1.84 bits per heavy atom. The summed E-state index contributed by atoms with van der Waals surface area (Å²) in [4.78, 5) is 12.8. The van der Waals surface area contributed by atoms with Crippen LogP contribution in [0, 0.1) is 0 Å². The lowest BCUT2D eigenvalue weighted by Gasteiger charge is -2.41. The summed E-state index contributed by atoms with van der Waals surface area (Å²) in [6.45, 7) is 3.85. The number of hydrogen-bond donors (Lipinski definition) is 4. The fraction of sp³-hybridized carbons (Fsp3) is 0.833. The third kappa shape index (κ3) is 28.4. The van der Waals surface area contributed by atoms with Crippen molar-refractivity contribution in [2.45, 2.75) is 198 Å². The predicted octanol–water partition coefficient (Wildman–Crippen LogP) is 8.24.